The molecule has 0 bridgehead atoms. The first kappa shape index (κ1) is 14.4. The Labute approximate surface area is 92.2 Å². The second-order valence-corrected chi connectivity index (χ2v) is 3.61. The summed E-state index contributed by atoms with van der Waals surface area (Å²) < 4.78 is 5.28. The Balaban J connectivity index is 3.76. The van der Waals surface area contributed by atoms with E-state index in [1.165, 1.54) is 0 Å². The molecule has 1 N–H and O–H groups in total. The van der Waals surface area contributed by atoms with Crippen molar-refractivity contribution in [1.29, 1.82) is 0 Å². The van der Waals surface area contributed by atoms with Crippen LogP contribution in [0.5, 0.6) is 0 Å². The molecule has 0 aliphatic rings. The fourth-order valence-corrected chi connectivity index (χ4v) is 1.53. The second-order valence-electron chi connectivity index (χ2n) is 3.61. The number of carboxylic acids is 1. The molecule has 0 aromatic carbocycles. The third-order valence-corrected chi connectivity index (χ3v) is 2.53. The number of likely N-dealkylation sites (N-methyl/N-ethyl adjacent to an activating group) is 1. The molecule has 0 amide bonds. The highest BCUT2D eigenvalue weighted by Crippen LogP contribution is 2.06. The molecule has 0 spiro atoms. The number of nitrogens with zero attached hydrogens (tertiary/aromatic N) is 1. The monoisotopic (exact) mass is 217 g/mol. The van der Waals surface area contributed by atoms with Crippen molar-refractivity contribution in [2.45, 2.75) is 39.7 Å². The molecule has 0 fully saturated rings. The van der Waals surface area contributed by atoms with Crippen LogP contribution in [0.3, 0.4) is 0 Å². The van der Waals surface area contributed by atoms with Crippen LogP contribution in [0.15, 0.2) is 0 Å². The number of hydrogen-bond donors (Lipinski definition) is 1. The summed E-state index contributed by atoms with van der Waals surface area (Å²) in [5.74, 6) is -0.720. The first-order valence-corrected chi connectivity index (χ1v) is 5.65. The standard InChI is InChI=1S/C11H23NO3/c1-4-12(8-9-15-5-2)10(3)6-7-11(13)14/h10H,4-9H2,1-3H3,(H,13,14). The van der Waals surface area contributed by atoms with Gasteiger partial charge in [0.15, 0.2) is 0 Å². The van der Waals surface area contributed by atoms with Crippen LogP contribution in [-0.2, 0) is 9.53 Å². The number of aliphatic carboxylic acids is 1. The number of ether oxygens (including phenoxy) is 1. The lowest BCUT2D eigenvalue weighted by molar-refractivity contribution is -0.137. The van der Waals surface area contributed by atoms with E-state index in [4.69, 9.17) is 9.84 Å². The van der Waals surface area contributed by atoms with E-state index in [2.05, 4.69) is 18.7 Å². The van der Waals surface area contributed by atoms with E-state index in [9.17, 15) is 4.79 Å². The molecule has 0 heterocycles. The van der Waals surface area contributed by atoms with Gasteiger partial charge in [-0.15, -0.1) is 0 Å². The van der Waals surface area contributed by atoms with Gasteiger partial charge in [0.2, 0.25) is 0 Å². The van der Waals surface area contributed by atoms with E-state index in [0.717, 1.165) is 26.3 Å². The molecule has 15 heavy (non-hydrogen) atoms. The molecule has 1 unspecified atom stereocenters. The van der Waals surface area contributed by atoms with Crippen molar-refractivity contribution in [2.24, 2.45) is 0 Å². The molecule has 0 aliphatic heterocycles. The smallest absolute Gasteiger partial charge is 0.303 e. The summed E-state index contributed by atoms with van der Waals surface area (Å²) in [4.78, 5) is 12.7. The lowest BCUT2D eigenvalue weighted by Crippen LogP contribution is -2.36. The van der Waals surface area contributed by atoms with E-state index >= 15 is 0 Å². The highest BCUT2D eigenvalue weighted by Gasteiger charge is 2.12. The third-order valence-electron chi connectivity index (χ3n) is 2.53. The van der Waals surface area contributed by atoms with Gasteiger partial charge in [0.05, 0.1) is 6.61 Å². The maximum Gasteiger partial charge on any atom is 0.303 e. The first-order valence-electron chi connectivity index (χ1n) is 5.65. The van der Waals surface area contributed by atoms with Crippen LogP contribution in [0, 0.1) is 0 Å². The number of rotatable bonds is 9. The van der Waals surface area contributed by atoms with E-state index in [0.29, 0.717) is 12.5 Å². The Morgan fingerprint density at radius 2 is 2.13 bits per heavy atom. The maximum atomic E-state index is 10.4. The number of hydrogen-bond acceptors (Lipinski definition) is 3. The van der Waals surface area contributed by atoms with Crippen LogP contribution in [0.2, 0.25) is 0 Å². The predicted octanol–water partition coefficient (Wildman–Crippen LogP) is 1.60. The third kappa shape index (κ3) is 7.33. The van der Waals surface area contributed by atoms with Crippen LogP contribution >= 0.6 is 0 Å². The Hall–Kier alpha value is -0.610. The van der Waals surface area contributed by atoms with Gasteiger partial charge in [0, 0.05) is 25.6 Å². The van der Waals surface area contributed by atoms with Gasteiger partial charge in [-0.05, 0) is 26.8 Å². The Bertz CT molecular complexity index is 173. The molecule has 0 saturated heterocycles. The van der Waals surface area contributed by atoms with Crippen molar-refractivity contribution in [2.75, 3.05) is 26.3 Å². The normalized spacial score (nSPS) is 13.1. The van der Waals surface area contributed by atoms with Crippen LogP contribution < -0.4 is 0 Å². The molecule has 0 radical (unpaired) electrons. The van der Waals surface area contributed by atoms with Crippen LogP contribution in [0.25, 0.3) is 0 Å². The number of carboxylic acid groups (broad SMARTS) is 1. The molecule has 0 rings (SSSR count). The number of carbonyl (C=O) groups is 1. The topological polar surface area (TPSA) is 49.8 Å². The summed E-state index contributed by atoms with van der Waals surface area (Å²) in [5, 5.41) is 8.59. The van der Waals surface area contributed by atoms with E-state index in [-0.39, 0.29) is 6.42 Å². The highest BCUT2D eigenvalue weighted by molar-refractivity contribution is 5.66. The van der Waals surface area contributed by atoms with Crippen molar-refractivity contribution < 1.29 is 14.6 Å². The minimum absolute atomic E-state index is 0.242. The summed E-state index contributed by atoms with van der Waals surface area (Å²) >= 11 is 0. The Morgan fingerprint density at radius 3 is 2.60 bits per heavy atom. The van der Waals surface area contributed by atoms with E-state index in [1.54, 1.807) is 0 Å². The summed E-state index contributed by atoms with van der Waals surface area (Å²) in [7, 11) is 0. The fourth-order valence-electron chi connectivity index (χ4n) is 1.53. The summed E-state index contributed by atoms with van der Waals surface area (Å²) in [5.41, 5.74) is 0. The zero-order valence-electron chi connectivity index (χ0n) is 10.0. The molecule has 0 aromatic rings. The lowest BCUT2D eigenvalue weighted by atomic mass is 10.1. The molecule has 4 nitrogen and oxygen atoms in total. The van der Waals surface area contributed by atoms with E-state index < -0.39 is 5.97 Å². The van der Waals surface area contributed by atoms with Crippen LogP contribution in [-0.4, -0.2) is 48.3 Å². The SMILES string of the molecule is CCOCCN(CC)C(C)CCC(=O)O. The highest BCUT2D eigenvalue weighted by atomic mass is 16.5. The van der Waals surface area contributed by atoms with Gasteiger partial charge < -0.3 is 9.84 Å². The van der Waals surface area contributed by atoms with Gasteiger partial charge in [0.1, 0.15) is 0 Å². The van der Waals surface area contributed by atoms with Crippen LogP contribution in [0.4, 0.5) is 0 Å². The first-order chi connectivity index (χ1) is 7.11. The molecule has 0 aliphatic carbocycles. The van der Waals surface area contributed by atoms with Crippen molar-refractivity contribution >= 4 is 5.97 Å². The molecule has 0 aromatic heterocycles. The largest absolute Gasteiger partial charge is 0.481 e. The molecule has 90 valence electrons. The summed E-state index contributed by atoms with van der Waals surface area (Å²) in [6.07, 6.45) is 0.946. The van der Waals surface area contributed by atoms with Gasteiger partial charge in [0.25, 0.3) is 0 Å². The molecule has 4 heteroatoms. The minimum atomic E-state index is -0.720. The second kappa shape index (κ2) is 8.68. The van der Waals surface area contributed by atoms with Crippen molar-refractivity contribution in [3.63, 3.8) is 0 Å². The fraction of sp³-hybridized carbons (Fsp3) is 0.909. The molecule has 0 saturated carbocycles. The van der Waals surface area contributed by atoms with Crippen LogP contribution in [0.1, 0.15) is 33.6 Å². The lowest BCUT2D eigenvalue weighted by Gasteiger charge is -2.27. The minimum Gasteiger partial charge on any atom is -0.481 e. The Morgan fingerprint density at radius 1 is 1.47 bits per heavy atom. The van der Waals surface area contributed by atoms with Crippen molar-refractivity contribution in [3.8, 4) is 0 Å². The average Bonchev–Trinajstić information content (AvgIpc) is 2.21. The molecular formula is C11H23NO3. The van der Waals surface area contributed by atoms with Gasteiger partial charge in [-0.1, -0.05) is 6.92 Å². The average molecular weight is 217 g/mol. The molecular weight excluding hydrogens is 194 g/mol. The van der Waals surface area contributed by atoms with E-state index in [1.807, 2.05) is 6.92 Å². The summed E-state index contributed by atoms with van der Waals surface area (Å²) in [6.45, 7) is 9.41. The maximum absolute atomic E-state index is 10.4. The zero-order valence-corrected chi connectivity index (χ0v) is 10.0. The predicted molar refractivity (Wildman–Crippen MR) is 60.1 cm³/mol. The molecule has 1 atom stereocenters. The van der Waals surface area contributed by atoms with Gasteiger partial charge in [-0.3, -0.25) is 9.69 Å². The van der Waals surface area contributed by atoms with Crippen molar-refractivity contribution in [1.82, 2.24) is 4.90 Å². The van der Waals surface area contributed by atoms with Gasteiger partial charge in [-0.2, -0.15) is 0 Å². The van der Waals surface area contributed by atoms with Gasteiger partial charge in [-0.25, -0.2) is 0 Å². The zero-order chi connectivity index (χ0) is 11.7. The van der Waals surface area contributed by atoms with Crippen molar-refractivity contribution in [3.05, 3.63) is 0 Å². The quantitative estimate of drug-likeness (QED) is 0.596. The summed E-state index contributed by atoms with van der Waals surface area (Å²) in [6, 6.07) is 0.312. The Kier molecular flexibility index (Phi) is 8.33. The van der Waals surface area contributed by atoms with Gasteiger partial charge >= 0.3 is 5.97 Å².